The lowest BCUT2D eigenvalue weighted by atomic mass is 10.1. The molecule has 0 spiro atoms. The molecule has 0 amide bonds. The molecule has 0 saturated heterocycles. The summed E-state index contributed by atoms with van der Waals surface area (Å²) in [7, 11) is 3.36. The Bertz CT molecular complexity index is 764. The minimum Gasteiger partial charge on any atom is -0.458 e. The Morgan fingerprint density at radius 2 is 1.47 bits per heavy atom. The van der Waals surface area contributed by atoms with Crippen molar-refractivity contribution in [3.05, 3.63) is 23.8 Å². The molecule has 0 aliphatic heterocycles. The Morgan fingerprint density at radius 1 is 0.900 bits per heavy atom. The number of methoxy groups -OCH3 is 3. The van der Waals surface area contributed by atoms with Gasteiger partial charge in [0.1, 0.15) is 18.8 Å². The van der Waals surface area contributed by atoms with Gasteiger partial charge in [0.2, 0.25) is 0 Å². The van der Waals surface area contributed by atoms with Crippen molar-refractivity contribution < 1.29 is 52.3 Å². The normalized spacial score (nSPS) is 12.0. The molecule has 2 N–H and O–H groups in total. The Labute approximate surface area is 172 Å². The van der Waals surface area contributed by atoms with Crippen molar-refractivity contribution in [3.8, 4) is 11.5 Å². The molecule has 1 aromatic carbocycles. The Kier molecular flexibility index (Phi) is 9.89. The topological polar surface area (TPSA) is 159 Å². The molecule has 0 aliphatic carbocycles. The van der Waals surface area contributed by atoms with E-state index in [0.717, 1.165) is 21.3 Å². The van der Waals surface area contributed by atoms with Crippen LogP contribution in [0.4, 0.5) is 14.4 Å². The van der Waals surface area contributed by atoms with Gasteiger partial charge in [-0.05, 0) is 31.0 Å². The summed E-state index contributed by atoms with van der Waals surface area (Å²) >= 11 is 0. The molecule has 12 nitrogen and oxygen atoms in total. The summed E-state index contributed by atoms with van der Waals surface area (Å²) in [5, 5.41) is 0. The number of ether oxygens (including phenoxy) is 7. The summed E-state index contributed by atoms with van der Waals surface area (Å²) in [5.41, 5.74) is 6.32. The van der Waals surface area contributed by atoms with Crippen molar-refractivity contribution in [1.29, 1.82) is 0 Å². The molecule has 0 aliphatic rings. The predicted molar refractivity (Wildman–Crippen MR) is 98.1 cm³/mol. The van der Waals surface area contributed by atoms with Gasteiger partial charge in [-0.15, -0.1) is 0 Å². The molecule has 0 bridgehead atoms. The van der Waals surface area contributed by atoms with Gasteiger partial charge in [-0.25, -0.2) is 14.4 Å². The fourth-order valence-corrected chi connectivity index (χ4v) is 2.01. The van der Waals surface area contributed by atoms with Gasteiger partial charge in [-0.1, -0.05) is 6.07 Å². The number of hydrogen-bond acceptors (Lipinski definition) is 12. The van der Waals surface area contributed by atoms with Crippen LogP contribution in [0.1, 0.15) is 12.5 Å². The summed E-state index contributed by atoms with van der Waals surface area (Å²) in [5.74, 6) is -1.01. The van der Waals surface area contributed by atoms with E-state index < -0.39 is 36.6 Å². The highest BCUT2D eigenvalue weighted by molar-refractivity contribution is 5.76. The lowest BCUT2D eigenvalue weighted by Gasteiger charge is -2.17. The maximum Gasteiger partial charge on any atom is 0.513 e. The third-order valence-corrected chi connectivity index (χ3v) is 3.41. The fourth-order valence-electron chi connectivity index (χ4n) is 2.01. The third-order valence-electron chi connectivity index (χ3n) is 3.41. The highest BCUT2D eigenvalue weighted by Gasteiger charge is 2.21. The SMILES string of the molecule is COC(=O)OC[C@H](C)OC(=O)[C@@H](N)Cc1ccc(OC(=O)OC)c(OC(=O)OC)c1. The van der Waals surface area contributed by atoms with Crippen molar-refractivity contribution in [2.24, 2.45) is 5.73 Å². The third kappa shape index (κ3) is 8.22. The Balaban J connectivity index is 2.81. The van der Waals surface area contributed by atoms with Gasteiger partial charge in [0, 0.05) is 0 Å². The van der Waals surface area contributed by atoms with E-state index in [4.69, 9.17) is 19.9 Å². The zero-order valence-corrected chi connectivity index (χ0v) is 16.9. The van der Waals surface area contributed by atoms with Crippen molar-refractivity contribution >= 4 is 24.4 Å². The van der Waals surface area contributed by atoms with E-state index in [1.54, 1.807) is 0 Å². The minimum atomic E-state index is -1.08. The first-order valence-corrected chi connectivity index (χ1v) is 8.51. The van der Waals surface area contributed by atoms with Crippen LogP contribution in [0.25, 0.3) is 0 Å². The second-order valence-corrected chi connectivity index (χ2v) is 5.72. The Morgan fingerprint density at radius 3 is 2.03 bits per heavy atom. The lowest BCUT2D eigenvalue weighted by molar-refractivity contribution is -0.152. The van der Waals surface area contributed by atoms with Crippen molar-refractivity contribution in [2.45, 2.75) is 25.5 Å². The number of carbonyl (C=O) groups excluding carboxylic acids is 4. The number of rotatable bonds is 8. The zero-order chi connectivity index (χ0) is 22.7. The molecule has 0 heterocycles. The largest absolute Gasteiger partial charge is 0.513 e. The Hall–Kier alpha value is -3.54. The van der Waals surface area contributed by atoms with Crippen molar-refractivity contribution in [1.82, 2.24) is 0 Å². The first kappa shape index (κ1) is 24.5. The molecular weight excluding hydrogens is 406 g/mol. The smallest absolute Gasteiger partial charge is 0.458 e. The van der Waals surface area contributed by atoms with Gasteiger partial charge in [0.15, 0.2) is 11.5 Å². The predicted octanol–water partition coefficient (Wildman–Crippen LogP) is 1.56. The van der Waals surface area contributed by atoms with Crippen LogP contribution < -0.4 is 15.2 Å². The first-order valence-electron chi connectivity index (χ1n) is 8.51. The molecule has 1 aromatic rings. The van der Waals surface area contributed by atoms with Crippen LogP contribution in [0.5, 0.6) is 11.5 Å². The van der Waals surface area contributed by atoms with Crippen LogP contribution in [-0.2, 0) is 34.9 Å². The number of benzene rings is 1. The molecule has 12 heteroatoms. The second kappa shape index (κ2) is 12.1. The van der Waals surface area contributed by atoms with Gasteiger partial charge < -0.3 is 38.9 Å². The summed E-state index contributed by atoms with van der Waals surface area (Å²) in [6, 6.07) is 3.09. The highest BCUT2D eigenvalue weighted by Crippen LogP contribution is 2.29. The van der Waals surface area contributed by atoms with E-state index in [0.29, 0.717) is 5.56 Å². The van der Waals surface area contributed by atoms with E-state index in [1.165, 1.54) is 25.1 Å². The van der Waals surface area contributed by atoms with Crippen LogP contribution >= 0.6 is 0 Å². The highest BCUT2D eigenvalue weighted by atomic mass is 16.7. The summed E-state index contributed by atoms with van der Waals surface area (Å²) < 4.78 is 32.7. The van der Waals surface area contributed by atoms with Gasteiger partial charge in [0.25, 0.3) is 0 Å². The monoisotopic (exact) mass is 429 g/mol. The zero-order valence-electron chi connectivity index (χ0n) is 16.9. The van der Waals surface area contributed by atoms with E-state index >= 15 is 0 Å². The van der Waals surface area contributed by atoms with E-state index in [9.17, 15) is 19.2 Å². The molecule has 1 rings (SSSR count). The van der Waals surface area contributed by atoms with Gasteiger partial charge >= 0.3 is 24.4 Å². The van der Waals surface area contributed by atoms with E-state index in [-0.39, 0.29) is 24.5 Å². The minimum absolute atomic E-state index is 0.000547. The average molecular weight is 429 g/mol. The maximum atomic E-state index is 12.1. The summed E-state index contributed by atoms with van der Waals surface area (Å²) in [6.45, 7) is 1.30. The molecule has 2 atom stereocenters. The van der Waals surface area contributed by atoms with Crippen LogP contribution in [-0.4, -0.2) is 64.5 Å². The molecule has 0 fully saturated rings. The fraction of sp³-hybridized carbons (Fsp3) is 0.444. The van der Waals surface area contributed by atoms with Crippen molar-refractivity contribution in [2.75, 3.05) is 27.9 Å². The van der Waals surface area contributed by atoms with E-state index in [2.05, 4.69) is 18.9 Å². The van der Waals surface area contributed by atoms with Crippen LogP contribution in [0.3, 0.4) is 0 Å². The first-order chi connectivity index (χ1) is 14.2. The van der Waals surface area contributed by atoms with Crippen LogP contribution in [0.2, 0.25) is 0 Å². The van der Waals surface area contributed by atoms with Gasteiger partial charge in [-0.3, -0.25) is 4.79 Å². The molecule has 0 saturated carbocycles. The maximum absolute atomic E-state index is 12.1. The van der Waals surface area contributed by atoms with Crippen LogP contribution in [0.15, 0.2) is 18.2 Å². The molecular formula is C18H23NO11. The number of esters is 1. The van der Waals surface area contributed by atoms with Gasteiger partial charge in [-0.2, -0.15) is 0 Å². The number of hydrogen-bond donors (Lipinski definition) is 1. The standard InChI is InChI=1S/C18H23NO11/c1-10(9-27-16(21)24-2)28-15(20)12(19)7-11-5-6-13(29-17(22)25-3)14(8-11)30-18(23)26-4/h5-6,8,10,12H,7,9,19H2,1-4H3/t10-,12-/m0/s1. The van der Waals surface area contributed by atoms with Crippen LogP contribution in [0, 0.1) is 0 Å². The number of carbonyl (C=O) groups is 4. The van der Waals surface area contributed by atoms with Crippen molar-refractivity contribution in [3.63, 3.8) is 0 Å². The second-order valence-electron chi connectivity index (χ2n) is 5.72. The van der Waals surface area contributed by atoms with E-state index in [1.807, 2.05) is 0 Å². The lowest BCUT2D eigenvalue weighted by Crippen LogP contribution is -2.37. The molecule has 30 heavy (non-hydrogen) atoms. The molecule has 166 valence electrons. The molecule has 0 unspecified atom stereocenters. The van der Waals surface area contributed by atoms with Gasteiger partial charge in [0.05, 0.1) is 21.3 Å². The number of nitrogens with two attached hydrogens (primary N) is 1. The average Bonchev–Trinajstić information content (AvgIpc) is 2.73. The quantitative estimate of drug-likeness (QED) is 0.361. The molecule has 0 radical (unpaired) electrons. The summed E-state index contributed by atoms with van der Waals surface area (Å²) in [4.78, 5) is 45.8. The summed E-state index contributed by atoms with van der Waals surface area (Å²) in [6.07, 6.45) is -3.74. The molecule has 0 aromatic heterocycles.